The Kier molecular flexibility index (Phi) is 12.8. The molecule has 0 aromatic carbocycles. The van der Waals surface area contributed by atoms with Crippen LogP contribution in [-0.4, -0.2) is 11.5 Å². The Morgan fingerprint density at radius 2 is 1.00 bits per heavy atom. The van der Waals surface area contributed by atoms with Crippen LogP contribution < -0.4 is 0 Å². The number of allylic oxidation sites excluding steroid dienone is 4. The molecule has 0 N–H and O–H groups in total. The summed E-state index contributed by atoms with van der Waals surface area (Å²) >= 11 is 13.2. The van der Waals surface area contributed by atoms with E-state index in [4.69, 9.17) is 25.3 Å². The van der Waals surface area contributed by atoms with E-state index in [0.29, 0.717) is 0 Å². The standard InChI is InChI=1S/C8H12.C4H6S4.Pt/c1-2-4-6-8-7-5-3-1;5-3-4(6)8-2-1-7-3;/h1-2,7-8H,3-6H2;5-6H,1-2H2;/q;;+2/p-2. The van der Waals surface area contributed by atoms with Crippen molar-refractivity contribution < 1.29 is 21.1 Å². The van der Waals surface area contributed by atoms with Crippen molar-refractivity contribution in [3.63, 3.8) is 0 Å². The molecule has 0 spiro atoms. The quantitative estimate of drug-likeness (QED) is 0.371. The average molecular weight is 484 g/mol. The molecule has 0 unspecified atom stereocenters. The van der Waals surface area contributed by atoms with Crippen LogP contribution in [0.2, 0.25) is 0 Å². The van der Waals surface area contributed by atoms with Crippen molar-refractivity contribution in [3.05, 3.63) is 32.8 Å². The van der Waals surface area contributed by atoms with Crippen LogP contribution in [0.3, 0.4) is 0 Å². The molecule has 2 rings (SSSR count). The van der Waals surface area contributed by atoms with Crippen LogP contribution in [0.5, 0.6) is 0 Å². The van der Waals surface area contributed by atoms with Crippen LogP contribution >= 0.6 is 23.5 Å². The van der Waals surface area contributed by atoms with E-state index in [1.165, 1.54) is 25.7 Å². The number of thioether (sulfide) groups is 2. The maximum atomic E-state index is 4.93. The van der Waals surface area contributed by atoms with Gasteiger partial charge in [-0.15, -0.1) is 0 Å². The summed E-state index contributed by atoms with van der Waals surface area (Å²) in [4.78, 5) is 0. The first-order valence-corrected chi connectivity index (χ1v) is 8.23. The average Bonchev–Trinajstić information content (AvgIpc) is 2.22. The zero-order chi connectivity index (χ0) is 11.6. The summed E-state index contributed by atoms with van der Waals surface area (Å²) in [5, 5.41) is 0. The van der Waals surface area contributed by atoms with Gasteiger partial charge in [-0.1, -0.05) is 24.3 Å². The Labute approximate surface area is 139 Å². The van der Waals surface area contributed by atoms with Gasteiger partial charge in [-0.25, -0.2) is 0 Å². The first kappa shape index (κ1) is 18.0. The van der Waals surface area contributed by atoms with Gasteiger partial charge in [-0.05, 0) is 25.7 Å². The van der Waals surface area contributed by atoms with E-state index in [9.17, 15) is 0 Å². The Bertz CT molecular complexity index is 244. The molecule has 0 radical (unpaired) electrons. The van der Waals surface area contributed by atoms with Crippen molar-refractivity contribution in [1.82, 2.24) is 0 Å². The molecule has 0 bridgehead atoms. The maximum absolute atomic E-state index is 4.93. The predicted molar refractivity (Wildman–Crippen MR) is 83.4 cm³/mol. The zero-order valence-electron chi connectivity index (χ0n) is 9.50. The van der Waals surface area contributed by atoms with E-state index in [2.05, 4.69) is 24.3 Å². The van der Waals surface area contributed by atoms with Gasteiger partial charge in [-0.3, -0.25) is 0 Å². The molecule has 98 valence electrons. The number of hydrogen-bond donors (Lipinski definition) is 0. The van der Waals surface area contributed by atoms with Crippen LogP contribution in [0.25, 0.3) is 0 Å². The Balaban J connectivity index is 0.000000284. The second-order valence-corrected chi connectivity index (χ2v) is 6.91. The summed E-state index contributed by atoms with van der Waals surface area (Å²) in [5.74, 6) is 2.26. The Hall–Kier alpha value is 1.05. The fraction of sp³-hybridized carbons (Fsp3) is 0.500. The molecule has 1 aliphatic carbocycles. The van der Waals surface area contributed by atoms with Crippen molar-refractivity contribution in [1.29, 1.82) is 0 Å². The van der Waals surface area contributed by atoms with Gasteiger partial charge in [0.2, 0.25) is 0 Å². The van der Waals surface area contributed by atoms with E-state index in [0.717, 1.165) is 20.0 Å². The summed E-state index contributed by atoms with van der Waals surface area (Å²) in [6, 6.07) is 0. The largest absolute Gasteiger partial charge is 2.00 e. The summed E-state index contributed by atoms with van der Waals surface area (Å²) in [6.07, 6.45) is 14.0. The van der Waals surface area contributed by atoms with E-state index >= 15 is 0 Å². The molecular formula is C12H16PtS4. The van der Waals surface area contributed by atoms with Gasteiger partial charge in [0.25, 0.3) is 0 Å². The Morgan fingerprint density at radius 3 is 1.24 bits per heavy atom. The smallest absolute Gasteiger partial charge is 0.774 e. The van der Waals surface area contributed by atoms with Gasteiger partial charge in [0.05, 0.1) is 0 Å². The fourth-order valence-electron chi connectivity index (χ4n) is 1.24. The summed E-state index contributed by atoms with van der Waals surface area (Å²) < 4.78 is 1.83. The fourth-order valence-corrected chi connectivity index (χ4v) is 3.72. The molecular weight excluding hydrogens is 467 g/mol. The number of hydrogen-bond acceptors (Lipinski definition) is 4. The topological polar surface area (TPSA) is 0 Å². The van der Waals surface area contributed by atoms with Crippen molar-refractivity contribution in [2.24, 2.45) is 0 Å². The molecule has 0 amide bonds. The van der Waals surface area contributed by atoms with Crippen molar-refractivity contribution >= 4 is 48.8 Å². The van der Waals surface area contributed by atoms with E-state index in [-0.39, 0.29) is 21.1 Å². The minimum Gasteiger partial charge on any atom is -0.774 e. The van der Waals surface area contributed by atoms with E-state index < -0.39 is 0 Å². The molecule has 1 aliphatic heterocycles. The van der Waals surface area contributed by atoms with Crippen molar-refractivity contribution in [2.45, 2.75) is 25.7 Å². The van der Waals surface area contributed by atoms with Gasteiger partial charge in [0.1, 0.15) is 0 Å². The third kappa shape index (κ3) is 9.61. The normalized spacial score (nSPS) is 19.5. The van der Waals surface area contributed by atoms with Gasteiger partial charge < -0.3 is 25.3 Å². The molecule has 0 saturated carbocycles. The molecule has 1 heterocycles. The molecule has 0 nitrogen and oxygen atoms in total. The van der Waals surface area contributed by atoms with Gasteiger partial charge in [0, 0.05) is 11.5 Å². The molecule has 0 aromatic rings. The SMILES string of the molecule is C1=CCCC=CCC1.[Pt+2].[S-]C1=C([S-])SCCS1. The molecule has 0 fully saturated rings. The first-order chi connectivity index (χ1) is 7.80. The number of rotatable bonds is 0. The molecule has 0 saturated heterocycles. The van der Waals surface area contributed by atoms with Gasteiger partial charge in [0.15, 0.2) is 0 Å². The van der Waals surface area contributed by atoms with Crippen LogP contribution in [0, 0.1) is 0 Å². The van der Waals surface area contributed by atoms with Crippen LogP contribution in [0.4, 0.5) is 0 Å². The molecule has 2 aliphatic rings. The molecule has 5 heteroatoms. The van der Waals surface area contributed by atoms with Crippen molar-refractivity contribution in [2.75, 3.05) is 11.5 Å². The van der Waals surface area contributed by atoms with E-state index in [1.54, 1.807) is 23.5 Å². The second-order valence-electron chi connectivity index (χ2n) is 3.37. The molecule has 0 atom stereocenters. The Morgan fingerprint density at radius 1 is 0.706 bits per heavy atom. The van der Waals surface area contributed by atoms with Crippen LogP contribution in [0.15, 0.2) is 32.8 Å². The second kappa shape index (κ2) is 12.1. The monoisotopic (exact) mass is 483 g/mol. The summed E-state index contributed by atoms with van der Waals surface area (Å²) in [5.41, 5.74) is 0. The van der Waals surface area contributed by atoms with Gasteiger partial charge in [-0.2, -0.15) is 32.0 Å². The zero-order valence-corrected chi connectivity index (χ0v) is 15.0. The predicted octanol–water partition coefficient (Wildman–Crippen LogP) is 4.36. The maximum Gasteiger partial charge on any atom is 2.00 e. The van der Waals surface area contributed by atoms with Crippen LogP contribution in [-0.2, 0) is 46.3 Å². The van der Waals surface area contributed by atoms with Crippen molar-refractivity contribution in [3.8, 4) is 0 Å². The van der Waals surface area contributed by atoms with Gasteiger partial charge >= 0.3 is 21.1 Å². The first-order valence-electron chi connectivity index (χ1n) is 5.44. The third-order valence-electron chi connectivity index (χ3n) is 2.05. The minimum absolute atomic E-state index is 0. The third-order valence-corrected chi connectivity index (χ3v) is 5.69. The summed E-state index contributed by atoms with van der Waals surface area (Å²) in [7, 11) is 0. The molecule has 0 aromatic heterocycles. The summed E-state index contributed by atoms with van der Waals surface area (Å²) in [6.45, 7) is 0. The molecule has 17 heavy (non-hydrogen) atoms. The van der Waals surface area contributed by atoms with E-state index in [1.807, 2.05) is 0 Å². The van der Waals surface area contributed by atoms with Crippen LogP contribution in [0.1, 0.15) is 25.7 Å². The minimum atomic E-state index is 0.